The summed E-state index contributed by atoms with van der Waals surface area (Å²) in [5.41, 5.74) is 0.629. The molecule has 2 unspecified atom stereocenters. The molecule has 19 heavy (non-hydrogen) atoms. The van der Waals surface area contributed by atoms with Crippen LogP contribution in [0, 0.1) is 12.3 Å². The number of nitrogens with zero attached hydrogens (tertiary/aromatic N) is 1. The Kier molecular flexibility index (Phi) is 5.41. The Bertz CT molecular complexity index is 464. The van der Waals surface area contributed by atoms with Crippen molar-refractivity contribution < 1.29 is 14.7 Å². The molecule has 0 saturated heterocycles. The number of hydrogen-bond acceptors (Lipinski definition) is 3. The molecule has 0 saturated carbocycles. The van der Waals surface area contributed by atoms with Crippen molar-refractivity contribution in [3.8, 4) is 12.3 Å². The van der Waals surface area contributed by atoms with Gasteiger partial charge in [0.1, 0.15) is 6.04 Å². The Labute approximate surface area is 110 Å². The molecule has 7 heteroatoms. The van der Waals surface area contributed by atoms with E-state index in [-0.39, 0.29) is 12.5 Å². The molecule has 1 heterocycles. The lowest BCUT2D eigenvalue weighted by molar-refractivity contribution is -0.139. The molecule has 0 radical (unpaired) electrons. The second kappa shape index (κ2) is 7.06. The van der Waals surface area contributed by atoms with Crippen LogP contribution in [0.2, 0.25) is 0 Å². The number of amides is 2. The summed E-state index contributed by atoms with van der Waals surface area (Å²) in [6.45, 7) is 1.74. The fourth-order valence-corrected chi connectivity index (χ4v) is 1.47. The highest BCUT2D eigenvalue weighted by molar-refractivity contribution is 5.82. The van der Waals surface area contributed by atoms with E-state index < -0.39 is 18.0 Å². The van der Waals surface area contributed by atoms with E-state index in [4.69, 9.17) is 11.5 Å². The Morgan fingerprint density at radius 1 is 1.58 bits per heavy atom. The van der Waals surface area contributed by atoms with E-state index in [0.717, 1.165) is 0 Å². The number of terminal acetylenes is 1. The quantitative estimate of drug-likeness (QED) is 0.547. The van der Waals surface area contributed by atoms with Gasteiger partial charge in [-0.3, -0.25) is 0 Å². The molecule has 2 amide bonds. The Balaban J connectivity index is 2.52. The number of rotatable bonds is 6. The maximum Gasteiger partial charge on any atom is 0.326 e. The molecule has 7 nitrogen and oxygen atoms in total. The lowest BCUT2D eigenvalue weighted by Gasteiger charge is -2.16. The number of aromatic nitrogens is 2. The monoisotopic (exact) mass is 264 g/mol. The van der Waals surface area contributed by atoms with Crippen LogP contribution < -0.4 is 10.6 Å². The van der Waals surface area contributed by atoms with Crippen LogP contribution in [0.4, 0.5) is 4.79 Å². The van der Waals surface area contributed by atoms with Crippen molar-refractivity contribution in [1.82, 2.24) is 20.6 Å². The fourth-order valence-electron chi connectivity index (χ4n) is 1.47. The van der Waals surface area contributed by atoms with Gasteiger partial charge in [0, 0.05) is 30.8 Å². The molecule has 0 bridgehead atoms. The molecule has 0 aliphatic carbocycles. The highest BCUT2D eigenvalue weighted by atomic mass is 16.4. The van der Waals surface area contributed by atoms with Gasteiger partial charge in [-0.15, -0.1) is 12.3 Å². The second-order valence-corrected chi connectivity index (χ2v) is 4.10. The van der Waals surface area contributed by atoms with E-state index in [0.29, 0.717) is 12.1 Å². The van der Waals surface area contributed by atoms with Crippen molar-refractivity contribution in [3.63, 3.8) is 0 Å². The van der Waals surface area contributed by atoms with Crippen LogP contribution in [-0.2, 0) is 11.2 Å². The van der Waals surface area contributed by atoms with Crippen molar-refractivity contribution in [3.05, 3.63) is 18.2 Å². The molecule has 2 atom stereocenters. The molecule has 1 rings (SSSR count). The average molecular weight is 264 g/mol. The Morgan fingerprint density at radius 2 is 2.32 bits per heavy atom. The van der Waals surface area contributed by atoms with Crippen LogP contribution in [-0.4, -0.2) is 39.2 Å². The zero-order valence-electron chi connectivity index (χ0n) is 10.5. The van der Waals surface area contributed by atoms with Gasteiger partial charge < -0.3 is 20.7 Å². The van der Waals surface area contributed by atoms with Gasteiger partial charge in [-0.2, -0.15) is 0 Å². The third-order valence-electron chi connectivity index (χ3n) is 2.38. The SMILES string of the molecule is C#CCC(C)NC(=O)NC(Cc1cnc[nH]1)C(=O)O. The summed E-state index contributed by atoms with van der Waals surface area (Å²) < 4.78 is 0. The number of nitrogens with one attached hydrogen (secondary N) is 3. The number of carboxylic acids is 1. The molecule has 0 aliphatic heterocycles. The van der Waals surface area contributed by atoms with Gasteiger partial charge >= 0.3 is 12.0 Å². The van der Waals surface area contributed by atoms with Crippen molar-refractivity contribution >= 4 is 12.0 Å². The Morgan fingerprint density at radius 3 is 2.84 bits per heavy atom. The minimum Gasteiger partial charge on any atom is -0.480 e. The number of imidazole rings is 1. The average Bonchev–Trinajstić information content (AvgIpc) is 2.80. The normalized spacial score (nSPS) is 13.1. The van der Waals surface area contributed by atoms with Crippen LogP contribution in [0.1, 0.15) is 19.0 Å². The number of H-pyrrole nitrogens is 1. The van der Waals surface area contributed by atoms with Crippen molar-refractivity contribution in [2.45, 2.75) is 31.8 Å². The number of carbonyl (C=O) groups is 2. The summed E-state index contributed by atoms with van der Waals surface area (Å²) in [7, 11) is 0. The third-order valence-corrected chi connectivity index (χ3v) is 2.38. The van der Waals surface area contributed by atoms with E-state index >= 15 is 0 Å². The lowest BCUT2D eigenvalue weighted by atomic mass is 10.1. The van der Waals surface area contributed by atoms with E-state index in [1.807, 2.05) is 0 Å². The largest absolute Gasteiger partial charge is 0.480 e. The van der Waals surface area contributed by atoms with Gasteiger partial charge in [0.15, 0.2) is 0 Å². The van der Waals surface area contributed by atoms with Gasteiger partial charge in [-0.05, 0) is 6.92 Å². The minimum absolute atomic E-state index is 0.131. The maximum atomic E-state index is 11.6. The zero-order valence-corrected chi connectivity index (χ0v) is 10.5. The molecular weight excluding hydrogens is 248 g/mol. The summed E-state index contributed by atoms with van der Waals surface area (Å²) >= 11 is 0. The van der Waals surface area contributed by atoms with E-state index in [1.165, 1.54) is 12.5 Å². The predicted molar refractivity (Wildman–Crippen MR) is 68.3 cm³/mol. The molecule has 0 aliphatic rings. The first-order chi connectivity index (χ1) is 9.02. The van der Waals surface area contributed by atoms with Crippen LogP contribution in [0.3, 0.4) is 0 Å². The summed E-state index contributed by atoms with van der Waals surface area (Å²) in [6, 6.07) is -1.81. The molecule has 0 fully saturated rings. The summed E-state index contributed by atoms with van der Waals surface area (Å²) in [5, 5.41) is 14.0. The van der Waals surface area contributed by atoms with Crippen LogP contribution in [0.25, 0.3) is 0 Å². The van der Waals surface area contributed by atoms with Gasteiger partial charge in [-0.25, -0.2) is 14.6 Å². The molecule has 0 spiro atoms. The summed E-state index contributed by atoms with van der Waals surface area (Å²) in [6.07, 6.45) is 8.59. The zero-order chi connectivity index (χ0) is 14.3. The summed E-state index contributed by atoms with van der Waals surface area (Å²) in [4.78, 5) is 29.2. The van der Waals surface area contributed by atoms with Gasteiger partial charge in [0.2, 0.25) is 0 Å². The number of hydrogen-bond donors (Lipinski definition) is 4. The molecule has 0 aromatic carbocycles. The van der Waals surface area contributed by atoms with Crippen molar-refractivity contribution in [1.29, 1.82) is 0 Å². The molecule has 1 aromatic heterocycles. The van der Waals surface area contributed by atoms with E-state index in [2.05, 4.69) is 26.5 Å². The predicted octanol–water partition coefficient (Wildman–Crippen LogP) is 0.116. The summed E-state index contributed by atoms with van der Waals surface area (Å²) in [5.74, 6) is 1.30. The van der Waals surface area contributed by atoms with Gasteiger partial charge in [0.25, 0.3) is 0 Å². The number of carboxylic acid groups (broad SMARTS) is 1. The third kappa shape index (κ3) is 5.12. The highest BCUT2D eigenvalue weighted by Crippen LogP contribution is 1.99. The topological polar surface area (TPSA) is 107 Å². The van der Waals surface area contributed by atoms with E-state index in [1.54, 1.807) is 6.92 Å². The van der Waals surface area contributed by atoms with Crippen LogP contribution >= 0.6 is 0 Å². The number of aromatic amines is 1. The smallest absolute Gasteiger partial charge is 0.326 e. The molecule has 4 N–H and O–H groups in total. The number of aliphatic carboxylic acids is 1. The van der Waals surface area contributed by atoms with Crippen LogP contribution in [0.5, 0.6) is 0 Å². The maximum absolute atomic E-state index is 11.6. The van der Waals surface area contributed by atoms with Crippen LogP contribution in [0.15, 0.2) is 12.5 Å². The first kappa shape index (κ1) is 14.6. The molecule has 102 valence electrons. The molecule has 1 aromatic rings. The standard InChI is InChI=1S/C12H16N4O3/c1-3-4-8(2)15-12(19)16-10(11(17)18)5-9-6-13-7-14-9/h1,6-8,10H,4-5H2,2H3,(H,13,14)(H,17,18)(H2,15,16,19). The van der Waals surface area contributed by atoms with Gasteiger partial charge in [0.05, 0.1) is 6.33 Å². The number of carbonyl (C=O) groups excluding carboxylic acids is 1. The van der Waals surface area contributed by atoms with Crippen molar-refractivity contribution in [2.75, 3.05) is 0 Å². The highest BCUT2D eigenvalue weighted by Gasteiger charge is 2.21. The minimum atomic E-state index is -1.12. The Hall–Kier alpha value is -2.49. The number of urea groups is 1. The van der Waals surface area contributed by atoms with E-state index in [9.17, 15) is 9.59 Å². The van der Waals surface area contributed by atoms with Crippen molar-refractivity contribution in [2.24, 2.45) is 0 Å². The second-order valence-electron chi connectivity index (χ2n) is 4.10. The van der Waals surface area contributed by atoms with Gasteiger partial charge in [-0.1, -0.05) is 0 Å². The lowest BCUT2D eigenvalue weighted by Crippen LogP contribution is -2.49. The first-order valence-corrected chi connectivity index (χ1v) is 5.73. The first-order valence-electron chi connectivity index (χ1n) is 5.73. The fraction of sp³-hybridized carbons (Fsp3) is 0.417. The molecular formula is C12H16N4O3.